The van der Waals surface area contributed by atoms with Gasteiger partial charge in [0, 0.05) is 28.6 Å². The summed E-state index contributed by atoms with van der Waals surface area (Å²) in [6.45, 7) is 0. The molecule has 5 aromatic heterocycles. The van der Waals surface area contributed by atoms with E-state index in [9.17, 15) is 0 Å². The zero-order chi connectivity index (χ0) is 36.0. The Morgan fingerprint density at radius 2 is 1.49 bits per heavy atom. The number of fused-ring (bicyclic) bond motifs is 11. The van der Waals surface area contributed by atoms with Crippen molar-refractivity contribution in [1.29, 1.82) is 0 Å². The molecule has 1 aliphatic rings. The fraction of sp³-hybridized carbons (Fsp3) is 0.0625. The molecule has 5 heterocycles. The van der Waals surface area contributed by atoms with Gasteiger partial charge in [-0.2, -0.15) is 4.98 Å². The van der Waals surface area contributed by atoms with Crippen LogP contribution in [0, 0.1) is 0 Å². The highest BCUT2D eigenvalue weighted by Gasteiger charge is 2.28. The fourth-order valence-corrected chi connectivity index (χ4v) is 8.84. The van der Waals surface area contributed by atoms with Gasteiger partial charge in [0.15, 0.2) is 5.65 Å². The van der Waals surface area contributed by atoms with E-state index < -0.39 is 0 Å². The lowest BCUT2D eigenvalue weighted by Gasteiger charge is -2.12. The van der Waals surface area contributed by atoms with Gasteiger partial charge in [0.1, 0.15) is 16.9 Å². The van der Waals surface area contributed by atoms with Gasteiger partial charge >= 0.3 is 0 Å². The van der Waals surface area contributed by atoms with Crippen LogP contribution < -0.4 is 4.74 Å². The van der Waals surface area contributed by atoms with E-state index in [1.807, 2.05) is 48.7 Å². The summed E-state index contributed by atoms with van der Waals surface area (Å²) >= 11 is 0. The Hall–Kier alpha value is -7.25. The number of nitrogens with zero attached hydrogens (tertiary/aromatic N) is 5. The monoisotopic (exact) mass is 709 g/mol. The first-order chi connectivity index (χ1) is 27.2. The highest BCUT2D eigenvalue weighted by Crippen LogP contribution is 2.45. The molecule has 0 saturated heterocycles. The fourth-order valence-electron chi connectivity index (χ4n) is 8.84. The van der Waals surface area contributed by atoms with Crippen LogP contribution in [0.25, 0.3) is 77.6 Å². The van der Waals surface area contributed by atoms with Crippen molar-refractivity contribution in [3.05, 3.63) is 175 Å². The molecule has 12 rings (SSSR count). The summed E-state index contributed by atoms with van der Waals surface area (Å²) < 4.78 is 17.9. The van der Waals surface area contributed by atoms with E-state index in [4.69, 9.17) is 24.1 Å². The molecule has 0 aliphatic heterocycles. The smallest absolute Gasteiger partial charge is 0.221 e. The molecule has 1 unspecified atom stereocenters. The van der Waals surface area contributed by atoms with Crippen LogP contribution in [-0.4, -0.2) is 23.9 Å². The number of hydrogen-bond donors (Lipinski definition) is 0. The van der Waals surface area contributed by atoms with Crippen LogP contribution in [-0.2, 0) is 12.8 Å². The minimum Gasteiger partial charge on any atom is -0.455 e. The van der Waals surface area contributed by atoms with Crippen molar-refractivity contribution in [3.63, 3.8) is 0 Å². The van der Waals surface area contributed by atoms with Gasteiger partial charge in [-0.15, -0.1) is 0 Å². The zero-order valence-corrected chi connectivity index (χ0v) is 29.6. The number of hydrogen-bond acceptors (Lipinski definition) is 5. The van der Waals surface area contributed by atoms with Crippen LogP contribution in [0.4, 0.5) is 0 Å². The molecule has 0 bridgehead atoms. The topological polar surface area (TPSA) is 70.4 Å². The lowest BCUT2D eigenvalue weighted by Crippen LogP contribution is -1.98. The van der Waals surface area contributed by atoms with Crippen molar-refractivity contribution in [2.75, 3.05) is 0 Å². The molecule has 55 heavy (non-hydrogen) atoms. The molecule has 7 heteroatoms. The summed E-state index contributed by atoms with van der Waals surface area (Å²) in [4.78, 5) is 15.3. The Bertz CT molecular complexity index is 3310. The summed E-state index contributed by atoms with van der Waals surface area (Å²) in [5.41, 5.74) is 12.1. The van der Waals surface area contributed by atoms with E-state index in [0.717, 1.165) is 90.5 Å². The van der Waals surface area contributed by atoms with Crippen molar-refractivity contribution in [1.82, 2.24) is 23.9 Å². The highest BCUT2D eigenvalue weighted by molar-refractivity contribution is 6.21. The Morgan fingerprint density at radius 1 is 0.673 bits per heavy atom. The zero-order valence-electron chi connectivity index (χ0n) is 29.6. The molecule has 0 fully saturated rings. The standard InChI is InChI=1S/C48H31N5O2/c1-3-11-29(12-4-1)32-25-31-23-24-49-45(36(31)26-32)38-28-34(27-37-44-35-16-8-7-13-30(35)19-21-42(44)55-46(37)38)54-43-22-20-41-47(51-43)52(33-14-5-2-6-15-33)48-50-39-17-9-10-18-40(39)53(41)48/h1-24,27-28,32H,25-26H2. The Labute approximate surface area is 314 Å². The molecule has 0 saturated carbocycles. The third-order valence-corrected chi connectivity index (χ3v) is 11.3. The van der Waals surface area contributed by atoms with E-state index in [1.165, 1.54) is 16.7 Å². The van der Waals surface area contributed by atoms with Gasteiger partial charge in [0.2, 0.25) is 11.7 Å². The van der Waals surface area contributed by atoms with E-state index in [1.54, 1.807) is 0 Å². The van der Waals surface area contributed by atoms with Crippen LogP contribution in [0.3, 0.4) is 0 Å². The van der Waals surface area contributed by atoms with E-state index in [0.29, 0.717) is 17.5 Å². The van der Waals surface area contributed by atoms with Gasteiger partial charge in [0.25, 0.3) is 0 Å². The average Bonchev–Trinajstić information content (AvgIpc) is 4.01. The number of benzene rings is 6. The summed E-state index contributed by atoms with van der Waals surface area (Å²) in [6, 6.07) is 52.3. The van der Waals surface area contributed by atoms with Gasteiger partial charge in [-0.05, 0) is 101 Å². The van der Waals surface area contributed by atoms with Gasteiger partial charge in [-0.1, -0.05) is 91.0 Å². The quantitative estimate of drug-likeness (QED) is 0.178. The Balaban J connectivity index is 1.06. The van der Waals surface area contributed by atoms with Crippen molar-refractivity contribution in [2.45, 2.75) is 18.8 Å². The number of aromatic nitrogens is 5. The van der Waals surface area contributed by atoms with Crippen LogP contribution in [0.5, 0.6) is 11.6 Å². The molecular formula is C48H31N5O2. The minimum absolute atomic E-state index is 0.392. The van der Waals surface area contributed by atoms with Gasteiger partial charge < -0.3 is 9.15 Å². The molecular weight excluding hydrogens is 679 g/mol. The highest BCUT2D eigenvalue weighted by atomic mass is 16.5. The van der Waals surface area contributed by atoms with Crippen molar-refractivity contribution < 1.29 is 9.15 Å². The van der Waals surface area contributed by atoms with Crippen molar-refractivity contribution in [3.8, 4) is 28.6 Å². The summed E-state index contributed by atoms with van der Waals surface area (Å²) in [5, 5.41) is 4.33. The van der Waals surface area contributed by atoms with Crippen LogP contribution in [0.1, 0.15) is 22.6 Å². The molecule has 260 valence electrons. The summed E-state index contributed by atoms with van der Waals surface area (Å²) in [5.74, 6) is 2.33. The lowest BCUT2D eigenvalue weighted by atomic mass is 9.95. The van der Waals surface area contributed by atoms with E-state index in [2.05, 4.69) is 118 Å². The maximum absolute atomic E-state index is 6.82. The van der Waals surface area contributed by atoms with Crippen molar-refractivity contribution in [2.24, 2.45) is 0 Å². The Morgan fingerprint density at radius 3 is 2.40 bits per heavy atom. The van der Waals surface area contributed by atoms with Gasteiger partial charge in [-0.3, -0.25) is 14.0 Å². The number of furan rings is 1. The van der Waals surface area contributed by atoms with E-state index in [-0.39, 0.29) is 0 Å². The normalized spacial score (nSPS) is 14.2. The second kappa shape index (κ2) is 11.6. The van der Waals surface area contributed by atoms with Crippen LogP contribution in [0.2, 0.25) is 0 Å². The molecule has 0 radical (unpaired) electrons. The second-order valence-corrected chi connectivity index (χ2v) is 14.4. The molecule has 1 aliphatic carbocycles. The molecule has 1 atom stereocenters. The molecule has 7 nitrogen and oxygen atoms in total. The third-order valence-electron chi connectivity index (χ3n) is 11.3. The Kier molecular flexibility index (Phi) is 6.39. The lowest BCUT2D eigenvalue weighted by molar-refractivity contribution is 0.465. The second-order valence-electron chi connectivity index (χ2n) is 14.4. The first-order valence-electron chi connectivity index (χ1n) is 18.7. The third kappa shape index (κ3) is 4.59. The van der Waals surface area contributed by atoms with Crippen LogP contribution >= 0.6 is 0 Å². The molecule has 0 amide bonds. The summed E-state index contributed by atoms with van der Waals surface area (Å²) in [7, 11) is 0. The minimum atomic E-state index is 0.392. The van der Waals surface area contributed by atoms with Gasteiger partial charge in [-0.25, -0.2) is 4.98 Å². The maximum Gasteiger partial charge on any atom is 0.221 e. The van der Waals surface area contributed by atoms with Gasteiger partial charge in [0.05, 0.1) is 27.9 Å². The largest absolute Gasteiger partial charge is 0.455 e. The number of ether oxygens (including phenoxy) is 1. The predicted octanol–water partition coefficient (Wildman–Crippen LogP) is 11.6. The first kappa shape index (κ1) is 30.2. The molecule has 0 N–H and O–H groups in total. The number of rotatable bonds is 5. The van der Waals surface area contributed by atoms with E-state index >= 15 is 0 Å². The average molecular weight is 710 g/mol. The molecule has 6 aromatic carbocycles. The maximum atomic E-state index is 6.82. The first-order valence-corrected chi connectivity index (χ1v) is 18.7. The molecule has 0 spiro atoms. The number of imidazole rings is 2. The SMILES string of the molecule is c1ccc(C2Cc3ccnc(-c4cc(Oc5ccc6c(n5)n(-c5ccccc5)c5nc7ccccc7n65)cc5c4oc4ccc6ccccc6c45)c3C2)cc1. The predicted molar refractivity (Wildman–Crippen MR) is 218 cm³/mol. The van der Waals surface area contributed by atoms with Crippen molar-refractivity contribution >= 4 is 60.7 Å². The molecule has 11 aromatic rings. The summed E-state index contributed by atoms with van der Waals surface area (Å²) in [6.07, 6.45) is 3.82. The van der Waals surface area contributed by atoms with Crippen LogP contribution in [0.15, 0.2) is 162 Å². The number of pyridine rings is 2. The number of para-hydroxylation sites is 3.